The standard InChI is InChI=1S/C20H22ClF2N2O2P/c1-13(24-11-26)9-10-25(12-27)17-8-7-14(18(21)19(17)23)15-5-4-6-16(22)20(15)28(2)3/h4-8,11-13H,9-10H2,1-3H3,(H,24,26). The Labute approximate surface area is 169 Å². The third-order valence-corrected chi connectivity index (χ3v) is 6.10. The highest BCUT2D eigenvalue weighted by Gasteiger charge is 2.21. The van der Waals surface area contributed by atoms with Gasteiger partial charge in [-0.25, -0.2) is 8.78 Å². The fourth-order valence-electron chi connectivity index (χ4n) is 2.92. The molecule has 0 aliphatic heterocycles. The van der Waals surface area contributed by atoms with Gasteiger partial charge in [0.25, 0.3) is 0 Å². The van der Waals surface area contributed by atoms with Crippen molar-refractivity contribution >= 4 is 43.3 Å². The predicted octanol–water partition coefficient (Wildman–Crippen LogP) is 4.14. The number of rotatable bonds is 9. The molecule has 2 rings (SSSR count). The second-order valence-electron chi connectivity index (χ2n) is 6.56. The monoisotopic (exact) mass is 426 g/mol. The molecule has 0 spiro atoms. The molecule has 0 aromatic heterocycles. The predicted molar refractivity (Wildman–Crippen MR) is 112 cm³/mol. The topological polar surface area (TPSA) is 49.4 Å². The van der Waals surface area contributed by atoms with E-state index in [1.54, 1.807) is 25.1 Å². The largest absolute Gasteiger partial charge is 0.356 e. The molecule has 2 amide bonds. The molecule has 150 valence electrons. The number of hydrogen-bond donors (Lipinski definition) is 1. The number of amides is 2. The summed E-state index contributed by atoms with van der Waals surface area (Å²) in [6.07, 6.45) is 1.54. The number of anilines is 1. The summed E-state index contributed by atoms with van der Waals surface area (Å²) in [5.41, 5.74) is 0.971. The number of nitrogens with one attached hydrogen (secondary N) is 1. The van der Waals surface area contributed by atoms with Gasteiger partial charge in [0.15, 0.2) is 5.82 Å². The maximum atomic E-state index is 15.0. The lowest BCUT2D eigenvalue weighted by Crippen LogP contribution is -2.31. The van der Waals surface area contributed by atoms with Crippen molar-refractivity contribution in [2.75, 3.05) is 24.8 Å². The first-order valence-corrected chi connectivity index (χ1v) is 11.3. The molecule has 4 nitrogen and oxygen atoms in total. The summed E-state index contributed by atoms with van der Waals surface area (Å²) in [4.78, 5) is 23.1. The number of carbonyl (C=O) groups excluding carboxylic acids is 2. The SMILES string of the molecule is CC(CCN(C=O)c1ccc(-c2cccc(F)c2P(C)C)c(Cl)c1F)NC=O. The summed E-state index contributed by atoms with van der Waals surface area (Å²) in [5, 5.41) is 2.94. The van der Waals surface area contributed by atoms with Gasteiger partial charge in [0.2, 0.25) is 12.8 Å². The molecule has 28 heavy (non-hydrogen) atoms. The van der Waals surface area contributed by atoms with Crippen LogP contribution in [-0.4, -0.2) is 38.7 Å². The van der Waals surface area contributed by atoms with Crippen molar-refractivity contribution in [2.45, 2.75) is 19.4 Å². The first kappa shape index (κ1) is 22.3. The van der Waals surface area contributed by atoms with E-state index in [1.807, 2.05) is 13.3 Å². The molecule has 0 radical (unpaired) electrons. The fraction of sp³-hybridized carbons (Fsp3) is 0.300. The second kappa shape index (κ2) is 9.94. The van der Waals surface area contributed by atoms with Crippen LogP contribution in [0, 0.1) is 11.6 Å². The molecule has 2 aromatic rings. The first-order chi connectivity index (χ1) is 13.3. The molecule has 8 heteroatoms. The average molecular weight is 427 g/mol. The summed E-state index contributed by atoms with van der Waals surface area (Å²) in [6, 6.07) is 7.55. The van der Waals surface area contributed by atoms with Crippen molar-refractivity contribution in [1.29, 1.82) is 0 Å². The van der Waals surface area contributed by atoms with Gasteiger partial charge >= 0.3 is 0 Å². The maximum absolute atomic E-state index is 15.0. The molecular formula is C20H22ClF2N2O2P. The molecule has 0 fully saturated rings. The zero-order chi connectivity index (χ0) is 20.8. The maximum Gasteiger partial charge on any atom is 0.214 e. The third-order valence-electron chi connectivity index (χ3n) is 4.38. The van der Waals surface area contributed by atoms with Crippen molar-refractivity contribution in [3.05, 3.63) is 47.0 Å². The van der Waals surface area contributed by atoms with E-state index in [1.165, 1.54) is 17.0 Å². The quantitative estimate of drug-likeness (QED) is 0.484. The first-order valence-electron chi connectivity index (χ1n) is 8.67. The number of hydrogen-bond acceptors (Lipinski definition) is 2. The molecule has 2 aromatic carbocycles. The fourth-order valence-corrected chi connectivity index (χ4v) is 4.36. The Morgan fingerprint density at radius 2 is 1.89 bits per heavy atom. The van der Waals surface area contributed by atoms with Crippen LogP contribution in [0.25, 0.3) is 11.1 Å². The summed E-state index contributed by atoms with van der Waals surface area (Å²) < 4.78 is 29.3. The van der Waals surface area contributed by atoms with Crippen LogP contribution in [0.1, 0.15) is 13.3 Å². The van der Waals surface area contributed by atoms with E-state index in [4.69, 9.17) is 11.6 Å². The van der Waals surface area contributed by atoms with Gasteiger partial charge in [0.1, 0.15) is 5.82 Å². The molecule has 1 N–H and O–H groups in total. The molecule has 0 aliphatic rings. The Morgan fingerprint density at radius 3 is 2.50 bits per heavy atom. The Morgan fingerprint density at radius 1 is 1.18 bits per heavy atom. The molecule has 0 saturated carbocycles. The molecule has 1 unspecified atom stereocenters. The average Bonchev–Trinajstić information content (AvgIpc) is 2.65. The van der Waals surface area contributed by atoms with Gasteiger partial charge in [0.05, 0.1) is 10.7 Å². The van der Waals surface area contributed by atoms with Crippen LogP contribution in [0.5, 0.6) is 0 Å². The van der Waals surface area contributed by atoms with Crippen LogP contribution in [-0.2, 0) is 9.59 Å². The zero-order valence-electron chi connectivity index (χ0n) is 15.9. The van der Waals surface area contributed by atoms with E-state index in [9.17, 15) is 18.4 Å². The van der Waals surface area contributed by atoms with Gasteiger partial charge in [-0.2, -0.15) is 0 Å². The Bertz CT molecular complexity index is 864. The van der Waals surface area contributed by atoms with Gasteiger partial charge in [0, 0.05) is 23.5 Å². The highest BCUT2D eigenvalue weighted by Crippen LogP contribution is 2.38. The van der Waals surface area contributed by atoms with E-state index in [0.29, 0.717) is 35.7 Å². The van der Waals surface area contributed by atoms with Crippen molar-refractivity contribution in [1.82, 2.24) is 5.32 Å². The van der Waals surface area contributed by atoms with Crippen LogP contribution in [0.15, 0.2) is 30.3 Å². The summed E-state index contributed by atoms with van der Waals surface area (Å²) in [5.74, 6) is -1.09. The number of benzene rings is 2. The van der Waals surface area contributed by atoms with Crippen LogP contribution < -0.4 is 15.5 Å². The van der Waals surface area contributed by atoms with Crippen LogP contribution in [0.4, 0.5) is 14.5 Å². The molecule has 0 saturated heterocycles. The Kier molecular flexibility index (Phi) is 7.90. The number of carbonyl (C=O) groups is 2. The Balaban J connectivity index is 2.42. The molecule has 0 bridgehead atoms. The van der Waals surface area contributed by atoms with Crippen LogP contribution in [0.3, 0.4) is 0 Å². The summed E-state index contributed by atoms with van der Waals surface area (Å²) in [7, 11) is -0.781. The lowest BCUT2D eigenvalue weighted by Gasteiger charge is -2.22. The van der Waals surface area contributed by atoms with Gasteiger partial charge in [-0.05, 0) is 44.4 Å². The molecule has 1 atom stereocenters. The van der Waals surface area contributed by atoms with E-state index in [0.717, 1.165) is 0 Å². The van der Waals surface area contributed by atoms with Gasteiger partial charge < -0.3 is 10.2 Å². The third kappa shape index (κ3) is 4.86. The number of nitrogens with zero attached hydrogens (tertiary/aromatic N) is 1. The number of halogens is 3. The lowest BCUT2D eigenvalue weighted by atomic mass is 10.0. The van der Waals surface area contributed by atoms with Gasteiger partial charge in [-0.1, -0.05) is 37.7 Å². The highest BCUT2D eigenvalue weighted by atomic mass is 35.5. The summed E-state index contributed by atoms with van der Waals surface area (Å²) >= 11 is 6.28. The minimum atomic E-state index is -0.781. The minimum absolute atomic E-state index is 0.0373. The highest BCUT2D eigenvalue weighted by molar-refractivity contribution is 7.64. The smallest absolute Gasteiger partial charge is 0.214 e. The molecule has 0 heterocycles. The summed E-state index contributed by atoms with van der Waals surface area (Å²) in [6.45, 7) is 5.82. The van der Waals surface area contributed by atoms with Crippen molar-refractivity contribution in [3.63, 3.8) is 0 Å². The molecule has 0 aliphatic carbocycles. The van der Waals surface area contributed by atoms with Crippen molar-refractivity contribution in [3.8, 4) is 11.1 Å². The Hall–Kier alpha value is -2.04. The van der Waals surface area contributed by atoms with Crippen molar-refractivity contribution < 1.29 is 18.4 Å². The van der Waals surface area contributed by atoms with E-state index in [-0.39, 0.29) is 29.1 Å². The van der Waals surface area contributed by atoms with Crippen LogP contribution >= 0.6 is 19.5 Å². The van der Waals surface area contributed by atoms with Crippen LogP contribution in [0.2, 0.25) is 5.02 Å². The van der Waals surface area contributed by atoms with Gasteiger partial charge in [-0.3, -0.25) is 9.59 Å². The van der Waals surface area contributed by atoms with E-state index in [2.05, 4.69) is 5.32 Å². The lowest BCUT2D eigenvalue weighted by molar-refractivity contribution is -0.110. The molecular weight excluding hydrogens is 405 g/mol. The normalized spacial score (nSPS) is 12.0. The zero-order valence-corrected chi connectivity index (χ0v) is 17.5. The van der Waals surface area contributed by atoms with E-state index < -0.39 is 13.7 Å². The van der Waals surface area contributed by atoms with Crippen molar-refractivity contribution in [2.24, 2.45) is 0 Å². The minimum Gasteiger partial charge on any atom is -0.356 e. The second-order valence-corrected chi connectivity index (χ2v) is 9.18. The van der Waals surface area contributed by atoms with Gasteiger partial charge in [-0.15, -0.1) is 0 Å². The van der Waals surface area contributed by atoms with E-state index >= 15 is 0 Å².